The monoisotopic (exact) mass is 321 g/mol. The molecule has 6 nitrogen and oxygen atoms in total. The molecule has 0 unspecified atom stereocenters. The first-order chi connectivity index (χ1) is 11.9. The van der Waals surface area contributed by atoms with E-state index in [1.54, 1.807) is 6.26 Å². The van der Waals surface area contributed by atoms with Gasteiger partial charge in [0, 0.05) is 12.1 Å². The van der Waals surface area contributed by atoms with Gasteiger partial charge in [0.05, 0.1) is 18.3 Å². The van der Waals surface area contributed by atoms with Crippen molar-refractivity contribution in [2.24, 2.45) is 0 Å². The van der Waals surface area contributed by atoms with Crippen LogP contribution >= 0.6 is 0 Å². The van der Waals surface area contributed by atoms with Crippen LogP contribution < -0.4 is 5.32 Å². The van der Waals surface area contributed by atoms with Crippen LogP contribution in [0, 0.1) is 0 Å². The van der Waals surface area contributed by atoms with Crippen molar-refractivity contribution in [3.8, 4) is 22.6 Å². The van der Waals surface area contributed by atoms with Gasteiger partial charge in [-0.3, -0.25) is 0 Å². The first-order valence-electron chi connectivity index (χ1n) is 7.60. The molecule has 0 aliphatic rings. The molecule has 120 valence electrons. The van der Waals surface area contributed by atoms with E-state index in [2.05, 4.69) is 15.3 Å². The fourth-order valence-electron chi connectivity index (χ4n) is 2.70. The molecule has 0 atom stereocenters. The predicted octanol–water partition coefficient (Wildman–Crippen LogP) is 3.55. The molecule has 0 radical (unpaired) electrons. The van der Waals surface area contributed by atoms with E-state index in [0.29, 0.717) is 29.6 Å². The number of benzene rings is 1. The van der Waals surface area contributed by atoms with E-state index in [9.17, 15) is 0 Å². The highest BCUT2D eigenvalue weighted by atomic mass is 16.4. The van der Waals surface area contributed by atoms with E-state index in [4.69, 9.17) is 13.9 Å². The standard InChI is InChI=1S/C18H15N3O3/c22-9-8-19-17-15-14(12-5-2-1-3-6-12)16(13-7-4-10-23-13)24-18(15)21-11-20-17/h1-7,10-11,22H,8-9H2,(H,19,20,21). The number of furan rings is 2. The van der Waals surface area contributed by atoms with Crippen LogP contribution in [-0.2, 0) is 0 Å². The topological polar surface area (TPSA) is 84.3 Å². The van der Waals surface area contributed by atoms with Crippen molar-refractivity contribution in [2.75, 3.05) is 18.5 Å². The van der Waals surface area contributed by atoms with Crippen molar-refractivity contribution in [3.63, 3.8) is 0 Å². The Morgan fingerprint density at radius 3 is 2.67 bits per heavy atom. The minimum Gasteiger partial charge on any atom is -0.461 e. The van der Waals surface area contributed by atoms with Gasteiger partial charge in [-0.05, 0) is 17.7 Å². The smallest absolute Gasteiger partial charge is 0.232 e. The fourth-order valence-corrected chi connectivity index (χ4v) is 2.70. The highest BCUT2D eigenvalue weighted by Crippen LogP contribution is 2.42. The molecule has 0 aliphatic heterocycles. The summed E-state index contributed by atoms with van der Waals surface area (Å²) in [5, 5.41) is 13.0. The summed E-state index contributed by atoms with van der Waals surface area (Å²) in [4.78, 5) is 8.55. The maximum Gasteiger partial charge on any atom is 0.232 e. The number of nitrogens with zero attached hydrogens (tertiary/aromatic N) is 2. The van der Waals surface area contributed by atoms with Crippen LogP contribution in [0.3, 0.4) is 0 Å². The van der Waals surface area contributed by atoms with Crippen LogP contribution in [0.5, 0.6) is 0 Å². The van der Waals surface area contributed by atoms with Gasteiger partial charge in [-0.25, -0.2) is 9.97 Å². The molecule has 3 heterocycles. The van der Waals surface area contributed by atoms with Gasteiger partial charge in [-0.15, -0.1) is 0 Å². The predicted molar refractivity (Wildman–Crippen MR) is 90.5 cm³/mol. The minimum atomic E-state index is 0.00899. The van der Waals surface area contributed by atoms with E-state index in [-0.39, 0.29) is 6.61 Å². The molecule has 2 N–H and O–H groups in total. The second kappa shape index (κ2) is 6.17. The van der Waals surface area contributed by atoms with Crippen molar-refractivity contribution in [1.82, 2.24) is 9.97 Å². The van der Waals surface area contributed by atoms with Crippen molar-refractivity contribution in [3.05, 3.63) is 55.1 Å². The Morgan fingerprint density at radius 1 is 1.04 bits per heavy atom. The Balaban J connectivity index is 2.02. The first-order valence-corrected chi connectivity index (χ1v) is 7.60. The summed E-state index contributed by atoms with van der Waals surface area (Å²) in [6, 6.07) is 13.5. The Morgan fingerprint density at radius 2 is 1.92 bits per heavy atom. The number of fused-ring (bicyclic) bond motifs is 1. The SMILES string of the molecule is OCCNc1ncnc2oc(-c3ccco3)c(-c3ccccc3)c12. The van der Waals surface area contributed by atoms with Crippen molar-refractivity contribution < 1.29 is 13.9 Å². The van der Waals surface area contributed by atoms with Crippen molar-refractivity contribution in [2.45, 2.75) is 0 Å². The van der Waals surface area contributed by atoms with Crippen LogP contribution in [0.25, 0.3) is 33.7 Å². The first kappa shape index (κ1) is 14.5. The molecule has 1 aromatic carbocycles. The zero-order valence-corrected chi connectivity index (χ0v) is 12.8. The van der Waals surface area contributed by atoms with Gasteiger partial charge in [0.1, 0.15) is 12.1 Å². The highest BCUT2D eigenvalue weighted by molar-refractivity contribution is 6.05. The fraction of sp³-hybridized carbons (Fsp3) is 0.111. The molecule has 24 heavy (non-hydrogen) atoms. The maximum absolute atomic E-state index is 9.10. The Hall–Kier alpha value is -3.12. The number of aliphatic hydroxyl groups is 1. The third kappa shape index (κ3) is 2.43. The lowest BCUT2D eigenvalue weighted by Gasteiger charge is -2.06. The highest BCUT2D eigenvalue weighted by Gasteiger charge is 2.23. The van der Waals surface area contributed by atoms with Crippen molar-refractivity contribution >= 4 is 16.9 Å². The lowest BCUT2D eigenvalue weighted by molar-refractivity contribution is 0.311. The summed E-state index contributed by atoms with van der Waals surface area (Å²) in [5.41, 5.74) is 2.31. The number of aromatic nitrogens is 2. The molecule has 0 spiro atoms. The summed E-state index contributed by atoms with van der Waals surface area (Å²) in [7, 11) is 0. The zero-order valence-electron chi connectivity index (χ0n) is 12.8. The minimum absolute atomic E-state index is 0.00899. The average Bonchev–Trinajstić information content (AvgIpc) is 3.28. The summed E-state index contributed by atoms with van der Waals surface area (Å²) in [5.74, 6) is 1.85. The molecular formula is C18H15N3O3. The molecule has 0 saturated heterocycles. The largest absolute Gasteiger partial charge is 0.461 e. The van der Waals surface area contributed by atoms with E-state index >= 15 is 0 Å². The summed E-state index contributed by atoms with van der Waals surface area (Å²) < 4.78 is 11.5. The molecular weight excluding hydrogens is 306 g/mol. The number of hydrogen-bond acceptors (Lipinski definition) is 6. The summed E-state index contributed by atoms with van der Waals surface area (Å²) in [6.07, 6.45) is 3.04. The van der Waals surface area contributed by atoms with Gasteiger partial charge in [-0.2, -0.15) is 0 Å². The van der Waals surface area contributed by atoms with E-state index in [1.165, 1.54) is 6.33 Å². The number of nitrogens with one attached hydrogen (secondary N) is 1. The van der Waals surface area contributed by atoms with Crippen LogP contribution in [-0.4, -0.2) is 28.2 Å². The lowest BCUT2D eigenvalue weighted by atomic mass is 10.0. The van der Waals surface area contributed by atoms with Crippen LogP contribution in [0.4, 0.5) is 5.82 Å². The van der Waals surface area contributed by atoms with Crippen molar-refractivity contribution in [1.29, 1.82) is 0 Å². The Bertz CT molecular complexity index is 946. The maximum atomic E-state index is 9.10. The van der Waals surface area contributed by atoms with Gasteiger partial charge in [-0.1, -0.05) is 30.3 Å². The average molecular weight is 321 g/mol. The van der Waals surface area contributed by atoms with Gasteiger partial charge >= 0.3 is 0 Å². The second-order valence-electron chi connectivity index (χ2n) is 5.20. The summed E-state index contributed by atoms with van der Waals surface area (Å²) in [6.45, 7) is 0.399. The quantitative estimate of drug-likeness (QED) is 0.585. The van der Waals surface area contributed by atoms with E-state index in [0.717, 1.165) is 16.5 Å². The number of anilines is 1. The molecule has 0 amide bonds. The summed E-state index contributed by atoms with van der Waals surface area (Å²) >= 11 is 0. The van der Waals surface area contributed by atoms with Gasteiger partial charge in [0.15, 0.2) is 11.5 Å². The molecule has 3 aromatic heterocycles. The van der Waals surface area contributed by atoms with E-state index < -0.39 is 0 Å². The lowest BCUT2D eigenvalue weighted by Crippen LogP contribution is -2.07. The normalized spacial score (nSPS) is 11.0. The number of hydrogen-bond donors (Lipinski definition) is 2. The molecule has 4 rings (SSSR count). The van der Waals surface area contributed by atoms with Gasteiger partial charge < -0.3 is 19.3 Å². The van der Waals surface area contributed by atoms with Crippen LogP contribution in [0.2, 0.25) is 0 Å². The third-order valence-electron chi connectivity index (χ3n) is 3.70. The van der Waals surface area contributed by atoms with Gasteiger partial charge in [0.25, 0.3) is 0 Å². The van der Waals surface area contributed by atoms with E-state index in [1.807, 2.05) is 42.5 Å². The Labute approximate surface area is 137 Å². The second-order valence-corrected chi connectivity index (χ2v) is 5.20. The van der Waals surface area contributed by atoms with Crippen LogP contribution in [0.1, 0.15) is 0 Å². The third-order valence-corrected chi connectivity index (χ3v) is 3.70. The molecule has 6 heteroatoms. The number of aliphatic hydroxyl groups excluding tert-OH is 1. The molecule has 0 fully saturated rings. The molecule has 0 bridgehead atoms. The number of rotatable bonds is 5. The zero-order chi connectivity index (χ0) is 16.4. The van der Waals surface area contributed by atoms with Gasteiger partial charge in [0.2, 0.25) is 5.71 Å². The molecule has 0 saturated carbocycles. The Kier molecular flexibility index (Phi) is 3.72. The molecule has 4 aromatic rings. The molecule has 0 aliphatic carbocycles. The van der Waals surface area contributed by atoms with Crippen LogP contribution in [0.15, 0.2) is 63.9 Å².